The van der Waals surface area contributed by atoms with Crippen molar-refractivity contribution in [3.05, 3.63) is 59.7 Å². The average molecular weight is 529 g/mol. The molecule has 9 nitrogen and oxygen atoms in total. The molecule has 0 bridgehead atoms. The van der Waals surface area contributed by atoms with Gasteiger partial charge in [-0.3, -0.25) is 24.2 Å². The number of Topliss-reactive ketones (excluding diaryl/α,β-unsaturated/α-hetero) is 1. The summed E-state index contributed by atoms with van der Waals surface area (Å²) < 4.78 is 0. The second-order valence-corrected chi connectivity index (χ2v) is 9.66. The molecule has 1 atom stereocenters. The zero-order valence-corrected chi connectivity index (χ0v) is 22.1. The number of carbonyl (C=O) groups is 3. The van der Waals surface area contributed by atoms with Crippen molar-refractivity contribution in [2.24, 2.45) is 0 Å². The van der Waals surface area contributed by atoms with Gasteiger partial charge in [0.1, 0.15) is 17.3 Å². The Bertz CT molecular complexity index is 1040. The van der Waals surface area contributed by atoms with E-state index in [1.807, 2.05) is 6.92 Å². The number of ketones is 1. The molecule has 0 fully saturated rings. The van der Waals surface area contributed by atoms with Gasteiger partial charge in [0.2, 0.25) is 0 Å². The minimum atomic E-state index is -1.03. The van der Waals surface area contributed by atoms with Crippen LogP contribution in [-0.4, -0.2) is 73.6 Å². The first-order valence-corrected chi connectivity index (χ1v) is 13.1. The summed E-state index contributed by atoms with van der Waals surface area (Å²) in [4.78, 5) is 38.8. The molecule has 0 spiro atoms. The van der Waals surface area contributed by atoms with Crippen LogP contribution in [0.2, 0.25) is 0 Å². The third kappa shape index (κ3) is 11.3. The van der Waals surface area contributed by atoms with Crippen molar-refractivity contribution in [1.82, 2.24) is 9.80 Å². The molecule has 0 saturated carbocycles. The van der Waals surface area contributed by atoms with E-state index in [0.29, 0.717) is 30.4 Å². The number of benzene rings is 2. The summed E-state index contributed by atoms with van der Waals surface area (Å²) in [5, 5.41) is 39.8. The smallest absolute Gasteiger partial charge is 0.317 e. The van der Waals surface area contributed by atoms with E-state index < -0.39 is 11.9 Å². The lowest BCUT2D eigenvalue weighted by atomic mass is 10.0. The summed E-state index contributed by atoms with van der Waals surface area (Å²) in [5.74, 6) is -1.69. The Hall–Kier alpha value is -3.43. The third-order valence-electron chi connectivity index (χ3n) is 6.45. The molecule has 0 aromatic heterocycles. The Labute approximate surface area is 224 Å². The van der Waals surface area contributed by atoms with Crippen LogP contribution in [0.25, 0.3) is 0 Å². The molecule has 0 saturated heterocycles. The minimum absolute atomic E-state index is 0.0627. The lowest BCUT2D eigenvalue weighted by molar-refractivity contribution is -0.141. The molecular weight excluding hydrogens is 488 g/mol. The maximum Gasteiger partial charge on any atom is 0.317 e. The highest BCUT2D eigenvalue weighted by Gasteiger charge is 2.26. The number of rotatable bonds is 19. The monoisotopic (exact) mass is 528 g/mol. The van der Waals surface area contributed by atoms with Gasteiger partial charge in [0.15, 0.2) is 0 Å². The number of aromatic hydroxyl groups is 2. The van der Waals surface area contributed by atoms with E-state index in [-0.39, 0.29) is 56.0 Å². The lowest BCUT2D eigenvalue weighted by Gasteiger charge is -2.35. The van der Waals surface area contributed by atoms with E-state index in [2.05, 4.69) is 0 Å². The number of para-hydroxylation sites is 2. The number of carboxylic acids is 2. The maximum absolute atomic E-state index is 11.9. The zero-order chi connectivity index (χ0) is 27.9. The van der Waals surface area contributed by atoms with Crippen LogP contribution in [-0.2, 0) is 27.5 Å². The number of carboxylic acid groups (broad SMARTS) is 2. The molecule has 38 heavy (non-hydrogen) atoms. The molecule has 0 aliphatic heterocycles. The van der Waals surface area contributed by atoms with Crippen LogP contribution >= 0.6 is 0 Å². The second kappa shape index (κ2) is 16.4. The van der Waals surface area contributed by atoms with Gasteiger partial charge in [-0.25, -0.2) is 0 Å². The van der Waals surface area contributed by atoms with Crippen LogP contribution < -0.4 is 0 Å². The first-order valence-electron chi connectivity index (χ1n) is 13.1. The number of phenolic OH excluding ortho intramolecular Hbond substituents is 2. The molecule has 0 aliphatic carbocycles. The number of aliphatic carboxylic acids is 2. The van der Waals surface area contributed by atoms with E-state index in [0.717, 1.165) is 25.7 Å². The van der Waals surface area contributed by atoms with E-state index in [1.165, 1.54) is 0 Å². The number of hydrogen-bond acceptors (Lipinski definition) is 7. The zero-order valence-electron chi connectivity index (χ0n) is 22.1. The molecule has 9 heteroatoms. The highest BCUT2D eigenvalue weighted by molar-refractivity contribution is 5.78. The minimum Gasteiger partial charge on any atom is -0.508 e. The Morgan fingerprint density at radius 2 is 1.34 bits per heavy atom. The van der Waals surface area contributed by atoms with Crippen LogP contribution in [0.4, 0.5) is 0 Å². The topological polar surface area (TPSA) is 139 Å². The van der Waals surface area contributed by atoms with E-state index in [9.17, 15) is 34.8 Å². The number of phenols is 2. The molecule has 2 rings (SSSR count). The highest BCUT2D eigenvalue weighted by Crippen LogP contribution is 2.23. The number of nitrogens with zero attached hydrogens (tertiary/aromatic N) is 2. The third-order valence-corrected chi connectivity index (χ3v) is 6.45. The van der Waals surface area contributed by atoms with E-state index >= 15 is 0 Å². The van der Waals surface area contributed by atoms with Crippen molar-refractivity contribution >= 4 is 17.7 Å². The van der Waals surface area contributed by atoms with Gasteiger partial charge in [-0.2, -0.15) is 0 Å². The predicted molar refractivity (Wildman–Crippen MR) is 144 cm³/mol. The van der Waals surface area contributed by atoms with Crippen molar-refractivity contribution in [1.29, 1.82) is 0 Å². The normalized spacial score (nSPS) is 12.1. The first kappa shape index (κ1) is 30.8. The SMILES string of the molecule is CCCC(=O)CCCCCC(CN(CC(=O)O)Cc1ccccc1O)N(CC(=O)O)Cc1ccccc1O. The Morgan fingerprint density at radius 3 is 1.89 bits per heavy atom. The largest absolute Gasteiger partial charge is 0.508 e. The van der Waals surface area contributed by atoms with E-state index in [4.69, 9.17) is 0 Å². The summed E-state index contributed by atoms with van der Waals surface area (Å²) in [6.45, 7) is 2.01. The van der Waals surface area contributed by atoms with Gasteiger partial charge in [0.25, 0.3) is 0 Å². The number of carbonyl (C=O) groups excluding carboxylic acids is 1. The van der Waals surface area contributed by atoms with Gasteiger partial charge < -0.3 is 20.4 Å². The summed E-state index contributed by atoms with van der Waals surface area (Å²) in [6.07, 6.45) is 4.79. The molecule has 0 amide bonds. The van der Waals surface area contributed by atoms with Crippen LogP contribution in [0.3, 0.4) is 0 Å². The molecule has 1 unspecified atom stereocenters. The standard InChI is InChI=1S/C29H40N2O7/c1-2-10-25(32)14-5-3-4-13-24(31(21-29(37)38)18-23-12-7-9-16-27(23)34)19-30(20-28(35)36)17-22-11-6-8-15-26(22)33/h6-9,11-12,15-16,24,33-34H,2-5,10,13-14,17-21H2,1H3,(H,35,36)(H,37,38). The predicted octanol–water partition coefficient (Wildman–Crippen LogP) is 4.26. The number of unbranched alkanes of at least 4 members (excludes halogenated alkanes) is 2. The van der Waals surface area contributed by atoms with Crippen molar-refractivity contribution in [3.8, 4) is 11.5 Å². The van der Waals surface area contributed by atoms with Crippen LogP contribution in [0.15, 0.2) is 48.5 Å². The van der Waals surface area contributed by atoms with E-state index in [1.54, 1.807) is 58.3 Å². The Balaban J connectivity index is 2.25. The highest BCUT2D eigenvalue weighted by atomic mass is 16.4. The van der Waals surface area contributed by atoms with Gasteiger partial charge in [-0.1, -0.05) is 56.2 Å². The maximum atomic E-state index is 11.9. The molecule has 208 valence electrons. The lowest BCUT2D eigenvalue weighted by Crippen LogP contribution is -2.46. The van der Waals surface area contributed by atoms with Crippen molar-refractivity contribution in [2.45, 2.75) is 71.0 Å². The first-order chi connectivity index (χ1) is 18.2. The van der Waals surface area contributed by atoms with Crippen LogP contribution in [0.5, 0.6) is 11.5 Å². The fourth-order valence-corrected chi connectivity index (χ4v) is 4.58. The van der Waals surface area contributed by atoms with Crippen molar-refractivity contribution < 1.29 is 34.8 Å². The van der Waals surface area contributed by atoms with Crippen molar-refractivity contribution in [2.75, 3.05) is 19.6 Å². The summed E-state index contributed by atoms with van der Waals surface area (Å²) in [5.41, 5.74) is 1.15. The second-order valence-electron chi connectivity index (χ2n) is 9.66. The molecule has 0 heterocycles. The Kier molecular flexibility index (Phi) is 13.3. The van der Waals surface area contributed by atoms with Gasteiger partial charge in [0, 0.05) is 49.6 Å². The molecule has 2 aromatic carbocycles. The average Bonchev–Trinajstić information content (AvgIpc) is 2.85. The quantitative estimate of drug-likeness (QED) is 0.197. The van der Waals surface area contributed by atoms with Gasteiger partial charge in [-0.15, -0.1) is 0 Å². The van der Waals surface area contributed by atoms with Gasteiger partial charge >= 0.3 is 11.9 Å². The summed E-state index contributed by atoms with van der Waals surface area (Å²) >= 11 is 0. The van der Waals surface area contributed by atoms with Gasteiger partial charge in [0.05, 0.1) is 13.1 Å². The summed E-state index contributed by atoms with van der Waals surface area (Å²) in [7, 11) is 0. The molecule has 0 radical (unpaired) electrons. The molecule has 2 aromatic rings. The van der Waals surface area contributed by atoms with Crippen molar-refractivity contribution in [3.63, 3.8) is 0 Å². The fourth-order valence-electron chi connectivity index (χ4n) is 4.58. The van der Waals surface area contributed by atoms with Crippen LogP contribution in [0, 0.1) is 0 Å². The molecule has 4 N–H and O–H groups in total. The van der Waals surface area contributed by atoms with Crippen LogP contribution in [0.1, 0.15) is 63.0 Å². The summed E-state index contributed by atoms with van der Waals surface area (Å²) in [6, 6.07) is 13.1. The fraction of sp³-hybridized carbons (Fsp3) is 0.483. The molecular formula is C29H40N2O7. The van der Waals surface area contributed by atoms with Gasteiger partial charge in [-0.05, 0) is 31.4 Å². The Morgan fingerprint density at radius 1 is 0.763 bits per heavy atom. The molecule has 0 aliphatic rings. The number of hydrogen-bond donors (Lipinski definition) is 4.